The lowest BCUT2D eigenvalue weighted by molar-refractivity contribution is -0.151. The van der Waals surface area contributed by atoms with E-state index in [1.54, 1.807) is 12.1 Å². The first-order chi connectivity index (χ1) is 6.48. The fourth-order valence-electron chi connectivity index (χ4n) is 1.46. The number of halogens is 4. The molecule has 14 heavy (non-hydrogen) atoms. The van der Waals surface area contributed by atoms with Crippen molar-refractivity contribution in [1.82, 2.24) is 0 Å². The first kappa shape index (κ1) is 9.83. The lowest BCUT2D eigenvalue weighted by Crippen LogP contribution is -2.21. The summed E-state index contributed by atoms with van der Waals surface area (Å²) in [6.45, 7) is -0.310. The van der Waals surface area contributed by atoms with Crippen molar-refractivity contribution in [2.24, 2.45) is 0 Å². The van der Waals surface area contributed by atoms with Crippen molar-refractivity contribution in [3.05, 3.63) is 28.2 Å². The standard InChI is InChI=1S/C9H6BrF3O/c10-5-1-2-8-6(3-5)7(4-14-8)9(11,12)13/h1-3,7H,4H2. The summed E-state index contributed by atoms with van der Waals surface area (Å²) in [5.41, 5.74) is 0.215. The molecule has 1 heterocycles. The first-order valence-electron chi connectivity index (χ1n) is 3.97. The van der Waals surface area contributed by atoms with Gasteiger partial charge in [0.05, 0.1) is 0 Å². The van der Waals surface area contributed by atoms with Crippen molar-refractivity contribution in [1.29, 1.82) is 0 Å². The number of hydrogen-bond donors (Lipinski definition) is 0. The molecule has 0 amide bonds. The Hall–Kier alpha value is -0.710. The minimum atomic E-state index is -4.23. The number of fused-ring (bicyclic) bond motifs is 1. The molecule has 1 nitrogen and oxygen atoms in total. The zero-order chi connectivity index (χ0) is 10.3. The lowest BCUT2D eigenvalue weighted by atomic mass is 10.0. The van der Waals surface area contributed by atoms with Crippen LogP contribution in [0.2, 0.25) is 0 Å². The van der Waals surface area contributed by atoms with Gasteiger partial charge in [0.2, 0.25) is 0 Å². The van der Waals surface area contributed by atoms with Gasteiger partial charge in [0, 0.05) is 10.0 Å². The molecular weight excluding hydrogens is 261 g/mol. The molecular formula is C9H6BrF3O. The third kappa shape index (κ3) is 1.61. The van der Waals surface area contributed by atoms with E-state index in [0.717, 1.165) is 0 Å². The summed E-state index contributed by atoms with van der Waals surface area (Å²) in [5, 5.41) is 0. The molecule has 0 spiro atoms. The minimum Gasteiger partial charge on any atom is -0.492 e. The molecule has 0 saturated carbocycles. The molecule has 1 aliphatic rings. The molecule has 1 aromatic rings. The van der Waals surface area contributed by atoms with E-state index in [2.05, 4.69) is 15.9 Å². The van der Waals surface area contributed by atoms with Gasteiger partial charge in [-0.05, 0) is 18.2 Å². The van der Waals surface area contributed by atoms with Crippen molar-refractivity contribution in [2.75, 3.05) is 6.61 Å². The average molecular weight is 267 g/mol. The van der Waals surface area contributed by atoms with Crippen LogP contribution in [0.3, 0.4) is 0 Å². The van der Waals surface area contributed by atoms with Crippen molar-refractivity contribution in [3.8, 4) is 5.75 Å². The Morgan fingerprint density at radius 1 is 1.36 bits per heavy atom. The van der Waals surface area contributed by atoms with Crippen LogP contribution in [0.15, 0.2) is 22.7 Å². The molecule has 1 aromatic carbocycles. The van der Waals surface area contributed by atoms with Crippen molar-refractivity contribution < 1.29 is 17.9 Å². The van der Waals surface area contributed by atoms with Crippen molar-refractivity contribution in [3.63, 3.8) is 0 Å². The van der Waals surface area contributed by atoms with Gasteiger partial charge in [-0.2, -0.15) is 13.2 Å². The summed E-state index contributed by atoms with van der Waals surface area (Å²) in [6.07, 6.45) is -4.23. The number of hydrogen-bond acceptors (Lipinski definition) is 1. The monoisotopic (exact) mass is 266 g/mol. The molecule has 0 aromatic heterocycles. The van der Waals surface area contributed by atoms with E-state index in [0.29, 0.717) is 10.2 Å². The molecule has 0 saturated heterocycles. The minimum absolute atomic E-state index is 0.215. The molecule has 2 rings (SSSR count). The quantitative estimate of drug-likeness (QED) is 0.699. The molecule has 0 fully saturated rings. The van der Waals surface area contributed by atoms with Crippen LogP contribution in [-0.4, -0.2) is 12.8 Å². The summed E-state index contributed by atoms with van der Waals surface area (Å²) < 4.78 is 43.0. The second-order valence-corrected chi connectivity index (χ2v) is 4.00. The average Bonchev–Trinajstić information content (AvgIpc) is 2.45. The predicted octanol–water partition coefficient (Wildman–Crippen LogP) is 3.49. The lowest BCUT2D eigenvalue weighted by Gasteiger charge is -2.12. The van der Waals surface area contributed by atoms with Crippen LogP contribution in [0.5, 0.6) is 5.75 Å². The Bertz CT molecular complexity index is 362. The van der Waals surface area contributed by atoms with E-state index in [1.807, 2.05) is 0 Å². The normalized spacial score (nSPS) is 20.4. The number of ether oxygens (including phenoxy) is 1. The van der Waals surface area contributed by atoms with Gasteiger partial charge < -0.3 is 4.74 Å². The second-order valence-electron chi connectivity index (χ2n) is 3.09. The molecule has 1 aliphatic heterocycles. The first-order valence-corrected chi connectivity index (χ1v) is 4.77. The molecule has 0 aliphatic carbocycles. The van der Waals surface area contributed by atoms with Gasteiger partial charge in [-0.3, -0.25) is 0 Å². The SMILES string of the molecule is FC(F)(F)C1COc2ccc(Br)cc21. The zero-order valence-corrected chi connectivity index (χ0v) is 8.52. The number of benzene rings is 1. The van der Waals surface area contributed by atoms with E-state index in [9.17, 15) is 13.2 Å². The topological polar surface area (TPSA) is 9.23 Å². The van der Waals surface area contributed by atoms with Crippen LogP contribution in [0.1, 0.15) is 11.5 Å². The fraction of sp³-hybridized carbons (Fsp3) is 0.333. The maximum atomic E-state index is 12.5. The van der Waals surface area contributed by atoms with E-state index < -0.39 is 12.1 Å². The largest absolute Gasteiger partial charge is 0.492 e. The summed E-state index contributed by atoms with van der Waals surface area (Å²) in [5.74, 6) is -1.16. The van der Waals surface area contributed by atoms with Crippen LogP contribution >= 0.6 is 15.9 Å². The highest BCUT2D eigenvalue weighted by molar-refractivity contribution is 9.10. The zero-order valence-electron chi connectivity index (χ0n) is 6.94. The van der Waals surface area contributed by atoms with Crippen LogP contribution in [-0.2, 0) is 0 Å². The highest BCUT2D eigenvalue weighted by Crippen LogP contribution is 2.44. The van der Waals surface area contributed by atoms with Gasteiger partial charge in [-0.15, -0.1) is 0 Å². The van der Waals surface area contributed by atoms with Gasteiger partial charge in [0.25, 0.3) is 0 Å². The summed E-state index contributed by atoms with van der Waals surface area (Å²) in [4.78, 5) is 0. The smallest absolute Gasteiger partial charge is 0.399 e. The Balaban J connectivity index is 2.43. The highest BCUT2D eigenvalue weighted by atomic mass is 79.9. The molecule has 1 unspecified atom stereocenters. The van der Waals surface area contributed by atoms with E-state index in [1.165, 1.54) is 6.07 Å². The van der Waals surface area contributed by atoms with E-state index >= 15 is 0 Å². The molecule has 1 atom stereocenters. The Labute approximate surface area is 87.0 Å². The molecule has 0 bridgehead atoms. The third-order valence-corrected chi connectivity index (χ3v) is 2.64. The summed E-state index contributed by atoms with van der Waals surface area (Å²) in [6, 6.07) is 4.67. The highest BCUT2D eigenvalue weighted by Gasteiger charge is 2.45. The van der Waals surface area contributed by atoms with Crippen molar-refractivity contribution in [2.45, 2.75) is 12.1 Å². The Kier molecular flexibility index (Phi) is 2.21. The van der Waals surface area contributed by atoms with Crippen LogP contribution in [0.4, 0.5) is 13.2 Å². The maximum Gasteiger partial charge on any atom is 0.399 e. The van der Waals surface area contributed by atoms with Gasteiger partial charge in [-0.25, -0.2) is 0 Å². The van der Waals surface area contributed by atoms with E-state index in [4.69, 9.17) is 4.74 Å². The maximum absolute atomic E-state index is 12.5. The van der Waals surface area contributed by atoms with Crippen LogP contribution in [0, 0.1) is 0 Å². The van der Waals surface area contributed by atoms with Gasteiger partial charge in [0.1, 0.15) is 18.3 Å². The third-order valence-electron chi connectivity index (χ3n) is 2.15. The van der Waals surface area contributed by atoms with E-state index in [-0.39, 0.29) is 12.2 Å². The van der Waals surface area contributed by atoms with Gasteiger partial charge in [-0.1, -0.05) is 15.9 Å². The van der Waals surface area contributed by atoms with Gasteiger partial charge >= 0.3 is 6.18 Å². The molecule has 5 heteroatoms. The second kappa shape index (κ2) is 3.15. The van der Waals surface area contributed by atoms with Crippen molar-refractivity contribution >= 4 is 15.9 Å². The summed E-state index contributed by atoms with van der Waals surface area (Å²) in [7, 11) is 0. The Morgan fingerprint density at radius 3 is 2.71 bits per heavy atom. The predicted molar refractivity (Wildman–Crippen MR) is 48.4 cm³/mol. The number of alkyl halides is 3. The summed E-state index contributed by atoms with van der Waals surface area (Å²) >= 11 is 3.14. The van der Waals surface area contributed by atoms with Crippen LogP contribution in [0.25, 0.3) is 0 Å². The molecule has 0 radical (unpaired) electrons. The number of rotatable bonds is 0. The Morgan fingerprint density at radius 2 is 2.07 bits per heavy atom. The fourth-order valence-corrected chi connectivity index (χ4v) is 1.84. The molecule has 76 valence electrons. The van der Waals surface area contributed by atoms with Crippen LogP contribution < -0.4 is 4.74 Å². The van der Waals surface area contributed by atoms with Gasteiger partial charge in [0.15, 0.2) is 0 Å². The molecule has 0 N–H and O–H groups in total.